The molecule has 1 aromatic rings. The first-order valence-corrected chi connectivity index (χ1v) is 7.20. The van der Waals surface area contributed by atoms with Crippen molar-refractivity contribution < 1.29 is 9.84 Å². The van der Waals surface area contributed by atoms with E-state index in [9.17, 15) is 5.11 Å². The largest absolute Gasteiger partial charge is 0.506 e. The fourth-order valence-corrected chi connectivity index (χ4v) is 3.11. The van der Waals surface area contributed by atoms with Crippen LogP contribution in [0.5, 0.6) is 5.75 Å². The molecule has 1 aliphatic rings. The number of benzene rings is 1. The minimum Gasteiger partial charge on any atom is -0.506 e. The van der Waals surface area contributed by atoms with Crippen LogP contribution in [0, 0.1) is 5.92 Å². The molecule has 3 N–H and O–H groups in total. The molecular weight excluding hydrogens is 350 g/mol. The molecule has 3 nitrogen and oxygen atoms in total. The lowest BCUT2D eigenvalue weighted by Crippen LogP contribution is -2.27. The van der Waals surface area contributed by atoms with Crippen LogP contribution in [0.2, 0.25) is 0 Å². The standard InChI is InChI=1S/C12H15Br2NO2/c13-8-1-2-9(14)12(16)10(8)11(15)7-3-5-17-6-4-7/h1-2,7,11,16H,3-6,15H2/t11-/m1/s1. The summed E-state index contributed by atoms with van der Waals surface area (Å²) in [5.74, 6) is 0.596. The summed E-state index contributed by atoms with van der Waals surface area (Å²) in [5, 5.41) is 10.1. The van der Waals surface area contributed by atoms with Gasteiger partial charge in [0.15, 0.2) is 0 Å². The van der Waals surface area contributed by atoms with E-state index in [0.717, 1.165) is 36.1 Å². The Labute approximate surface area is 118 Å². The highest BCUT2D eigenvalue weighted by Gasteiger charge is 2.26. The Morgan fingerprint density at radius 1 is 1.24 bits per heavy atom. The van der Waals surface area contributed by atoms with Gasteiger partial charge in [-0.3, -0.25) is 0 Å². The van der Waals surface area contributed by atoms with E-state index in [4.69, 9.17) is 10.5 Å². The molecule has 1 aromatic carbocycles. The molecule has 0 aromatic heterocycles. The summed E-state index contributed by atoms with van der Waals surface area (Å²) in [6.07, 6.45) is 1.89. The zero-order valence-electron chi connectivity index (χ0n) is 9.33. The SMILES string of the molecule is N[C@@H](c1c(Br)ccc(Br)c1O)C1CCOCC1. The maximum absolute atomic E-state index is 10.1. The van der Waals surface area contributed by atoms with Gasteiger partial charge < -0.3 is 15.6 Å². The second-order valence-corrected chi connectivity index (χ2v) is 5.98. The van der Waals surface area contributed by atoms with Crippen LogP contribution in [0.4, 0.5) is 0 Å². The molecule has 0 spiro atoms. The summed E-state index contributed by atoms with van der Waals surface area (Å²) in [5.41, 5.74) is 7.06. The van der Waals surface area contributed by atoms with Crippen molar-refractivity contribution in [2.45, 2.75) is 18.9 Å². The zero-order chi connectivity index (χ0) is 12.4. The van der Waals surface area contributed by atoms with Crippen LogP contribution in [0.1, 0.15) is 24.4 Å². The molecule has 94 valence electrons. The molecule has 0 aliphatic carbocycles. The molecule has 0 bridgehead atoms. The Bertz CT molecular complexity index is 406. The van der Waals surface area contributed by atoms with Crippen LogP contribution in [0.15, 0.2) is 21.1 Å². The minimum absolute atomic E-state index is 0.161. The van der Waals surface area contributed by atoms with Crippen LogP contribution >= 0.6 is 31.9 Å². The minimum atomic E-state index is -0.161. The Morgan fingerprint density at radius 2 is 1.82 bits per heavy atom. The maximum atomic E-state index is 10.1. The second-order valence-electron chi connectivity index (χ2n) is 4.27. The van der Waals surface area contributed by atoms with Gasteiger partial charge in [0.1, 0.15) is 5.75 Å². The highest BCUT2D eigenvalue weighted by atomic mass is 79.9. The molecule has 1 saturated heterocycles. The maximum Gasteiger partial charge on any atom is 0.135 e. The summed E-state index contributed by atoms with van der Waals surface area (Å²) in [4.78, 5) is 0. The summed E-state index contributed by atoms with van der Waals surface area (Å²) in [6.45, 7) is 1.51. The molecule has 0 radical (unpaired) electrons. The van der Waals surface area contributed by atoms with Gasteiger partial charge in [-0.2, -0.15) is 0 Å². The zero-order valence-corrected chi connectivity index (χ0v) is 12.5. The average Bonchev–Trinajstić information content (AvgIpc) is 2.35. The van der Waals surface area contributed by atoms with Gasteiger partial charge in [-0.25, -0.2) is 0 Å². The van der Waals surface area contributed by atoms with Gasteiger partial charge in [-0.05, 0) is 46.8 Å². The Morgan fingerprint density at radius 3 is 2.47 bits per heavy atom. The first-order chi connectivity index (χ1) is 8.11. The number of hydrogen-bond donors (Lipinski definition) is 2. The van der Waals surface area contributed by atoms with Crippen molar-refractivity contribution in [3.05, 3.63) is 26.6 Å². The molecule has 2 rings (SSSR count). The van der Waals surface area contributed by atoms with Crippen molar-refractivity contribution in [1.29, 1.82) is 0 Å². The molecule has 5 heteroatoms. The van der Waals surface area contributed by atoms with Crippen molar-refractivity contribution in [3.63, 3.8) is 0 Å². The van der Waals surface area contributed by atoms with E-state index in [1.165, 1.54) is 0 Å². The number of phenols is 1. The molecule has 0 saturated carbocycles. The topological polar surface area (TPSA) is 55.5 Å². The lowest BCUT2D eigenvalue weighted by atomic mass is 9.87. The van der Waals surface area contributed by atoms with Crippen LogP contribution in [0.3, 0.4) is 0 Å². The Balaban J connectivity index is 2.29. The van der Waals surface area contributed by atoms with E-state index in [-0.39, 0.29) is 11.8 Å². The van der Waals surface area contributed by atoms with E-state index in [1.807, 2.05) is 6.07 Å². The van der Waals surface area contributed by atoms with Gasteiger partial charge in [0, 0.05) is 29.3 Å². The van der Waals surface area contributed by atoms with Gasteiger partial charge >= 0.3 is 0 Å². The van der Waals surface area contributed by atoms with Crippen LogP contribution < -0.4 is 5.73 Å². The van der Waals surface area contributed by atoms with Crippen LogP contribution in [-0.2, 0) is 4.74 Å². The lowest BCUT2D eigenvalue weighted by molar-refractivity contribution is 0.0580. The average molecular weight is 365 g/mol. The summed E-state index contributed by atoms with van der Waals surface area (Å²) < 4.78 is 6.87. The van der Waals surface area contributed by atoms with E-state index >= 15 is 0 Å². The molecule has 1 heterocycles. The summed E-state index contributed by atoms with van der Waals surface area (Å²) in [6, 6.07) is 3.54. The van der Waals surface area contributed by atoms with Gasteiger partial charge in [0.05, 0.1) is 4.47 Å². The number of ether oxygens (including phenoxy) is 1. The summed E-state index contributed by atoms with van der Waals surface area (Å²) in [7, 11) is 0. The second kappa shape index (κ2) is 5.69. The van der Waals surface area contributed by atoms with E-state index in [1.54, 1.807) is 6.07 Å². The highest BCUT2D eigenvalue weighted by Crippen LogP contribution is 2.40. The quantitative estimate of drug-likeness (QED) is 0.846. The molecule has 0 amide bonds. The molecule has 0 unspecified atom stereocenters. The van der Waals surface area contributed by atoms with Crippen molar-refractivity contribution in [3.8, 4) is 5.75 Å². The van der Waals surface area contributed by atoms with Crippen molar-refractivity contribution in [2.75, 3.05) is 13.2 Å². The molecule has 1 aliphatic heterocycles. The third-order valence-corrected chi connectivity index (χ3v) is 4.55. The monoisotopic (exact) mass is 363 g/mol. The molecule has 1 fully saturated rings. The number of hydrogen-bond acceptors (Lipinski definition) is 3. The first-order valence-electron chi connectivity index (χ1n) is 5.61. The number of aromatic hydroxyl groups is 1. The highest BCUT2D eigenvalue weighted by molar-refractivity contribution is 9.11. The van der Waals surface area contributed by atoms with E-state index < -0.39 is 0 Å². The number of halogens is 2. The smallest absolute Gasteiger partial charge is 0.135 e. The van der Waals surface area contributed by atoms with Crippen LogP contribution in [0.25, 0.3) is 0 Å². The van der Waals surface area contributed by atoms with E-state index in [2.05, 4.69) is 31.9 Å². The van der Waals surface area contributed by atoms with Crippen LogP contribution in [-0.4, -0.2) is 18.3 Å². The molecule has 1 atom stereocenters. The molecule has 17 heavy (non-hydrogen) atoms. The van der Waals surface area contributed by atoms with Gasteiger partial charge in [0.2, 0.25) is 0 Å². The fraction of sp³-hybridized carbons (Fsp3) is 0.500. The fourth-order valence-electron chi connectivity index (χ4n) is 2.18. The van der Waals surface area contributed by atoms with E-state index in [0.29, 0.717) is 10.4 Å². The first kappa shape index (κ1) is 13.3. The lowest BCUT2D eigenvalue weighted by Gasteiger charge is -2.29. The van der Waals surface area contributed by atoms with Gasteiger partial charge in [0.25, 0.3) is 0 Å². The van der Waals surface area contributed by atoms with Crippen molar-refractivity contribution >= 4 is 31.9 Å². The van der Waals surface area contributed by atoms with Crippen molar-refractivity contribution in [2.24, 2.45) is 11.7 Å². The number of rotatable bonds is 2. The number of nitrogens with two attached hydrogens (primary N) is 1. The normalized spacial score (nSPS) is 19.2. The van der Waals surface area contributed by atoms with Crippen molar-refractivity contribution in [1.82, 2.24) is 0 Å². The van der Waals surface area contributed by atoms with Gasteiger partial charge in [-0.1, -0.05) is 15.9 Å². The summed E-state index contributed by atoms with van der Waals surface area (Å²) >= 11 is 6.78. The third kappa shape index (κ3) is 2.84. The Kier molecular flexibility index (Phi) is 4.47. The third-order valence-electron chi connectivity index (χ3n) is 3.22. The predicted octanol–water partition coefficient (Wildman–Crippen LogP) is 3.34. The number of phenolic OH excluding ortho intramolecular Hbond substituents is 1. The Hall–Kier alpha value is -0.100. The molecular formula is C12H15Br2NO2. The predicted molar refractivity (Wildman–Crippen MR) is 74.0 cm³/mol. The van der Waals surface area contributed by atoms with Gasteiger partial charge in [-0.15, -0.1) is 0 Å².